The zero-order chi connectivity index (χ0) is 11.1. The molecule has 82 valence electrons. The van der Waals surface area contributed by atoms with E-state index in [1.807, 2.05) is 0 Å². The van der Waals surface area contributed by atoms with Crippen LogP contribution in [0.2, 0.25) is 0 Å². The zero-order valence-corrected chi connectivity index (χ0v) is 10.8. The standard InChI is InChI=1S/C10H22.C2H6O/c1-8(2)7-9(3)10(4,5)6;1-3-2/h8-9H,7H2,1-6H3;1-2H3. The molecule has 0 fully saturated rings. The molecule has 0 aliphatic carbocycles. The molecule has 0 N–H and O–H groups in total. The maximum Gasteiger partial charge on any atom is 0.0351 e. The summed E-state index contributed by atoms with van der Waals surface area (Å²) in [7, 11) is 3.25. The first-order valence-corrected chi connectivity index (χ1v) is 5.15. The number of rotatable bonds is 2. The van der Waals surface area contributed by atoms with E-state index in [2.05, 4.69) is 46.3 Å². The molecule has 0 aliphatic heterocycles. The normalized spacial score (nSPS) is 13.6. The van der Waals surface area contributed by atoms with Crippen LogP contribution in [0.5, 0.6) is 0 Å². The Morgan fingerprint density at radius 3 is 1.38 bits per heavy atom. The molecule has 0 amide bonds. The molecule has 0 aliphatic rings. The van der Waals surface area contributed by atoms with Crippen LogP contribution in [0.1, 0.15) is 48.0 Å². The van der Waals surface area contributed by atoms with E-state index in [4.69, 9.17) is 0 Å². The Morgan fingerprint density at radius 1 is 1.00 bits per heavy atom. The van der Waals surface area contributed by atoms with Crippen molar-refractivity contribution in [1.82, 2.24) is 0 Å². The lowest BCUT2D eigenvalue weighted by atomic mass is 9.78. The molecule has 1 heteroatoms. The van der Waals surface area contributed by atoms with Gasteiger partial charge in [-0.05, 0) is 23.7 Å². The molecule has 1 unspecified atom stereocenters. The Bertz CT molecular complexity index is 100. The maximum atomic E-state index is 4.25. The highest BCUT2D eigenvalue weighted by atomic mass is 16.4. The van der Waals surface area contributed by atoms with Gasteiger partial charge in [-0.15, -0.1) is 0 Å². The van der Waals surface area contributed by atoms with Crippen LogP contribution in [0.15, 0.2) is 0 Å². The van der Waals surface area contributed by atoms with Crippen molar-refractivity contribution in [2.45, 2.75) is 48.0 Å². The predicted octanol–water partition coefficient (Wildman–Crippen LogP) is 3.98. The molecule has 1 atom stereocenters. The van der Waals surface area contributed by atoms with Gasteiger partial charge in [0.05, 0.1) is 0 Å². The van der Waals surface area contributed by atoms with Gasteiger partial charge in [-0.3, -0.25) is 0 Å². The van der Waals surface area contributed by atoms with E-state index in [0.29, 0.717) is 5.41 Å². The van der Waals surface area contributed by atoms with Crippen molar-refractivity contribution in [2.24, 2.45) is 17.3 Å². The highest BCUT2D eigenvalue weighted by Gasteiger charge is 2.20. The molecule has 0 rings (SSSR count). The van der Waals surface area contributed by atoms with Crippen LogP contribution in [-0.2, 0) is 4.74 Å². The quantitative estimate of drug-likeness (QED) is 0.637. The van der Waals surface area contributed by atoms with Crippen LogP contribution in [0.3, 0.4) is 0 Å². The molecule has 0 aromatic rings. The lowest BCUT2D eigenvalue weighted by molar-refractivity contribution is 0.224. The van der Waals surface area contributed by atoms with Crippen LogP contribution in [0.25, 0.3) is 0 Å². The third-order valence-electron chi connectivity index (χ3n) is 2.30. The summed E-state index contributed by atoms with van der Waals surface area (Å²) in [5.41, 5.74) is 0.490. The van der Waals surface area contributed by atoms with Gasteiger partial charge in [-0.25, -0.2) is 0 Å². The van der Waals surface area contributed by atoms with Gasteiger partial charge in [-0.1, -0.05) is 41.5 Å². The fourth-order valence-corrected chi connectivity index (χ4v) is 1.06. The Labute approximate surface area is 84.9 Å². The van der Waals surface area contributed by atoms with Crippen LogP contribution < -0.4 is 0 Å². The first kappa shape index (κ1) is 15.4. The highest BCUT2D eigenvalue weighted by Crippen LogP contribution is 2.30. The molecule has 0 aromatic carbocycles. The molecular weight excluding hydrogens is 160 g/mol. The molecule has 0 radical (unpaired) electrons. The van der Waals surface area contributed by atoms with Crippen molar-refractivity contribution in [1.29, 1.82) is 0 Å². The van der Waals surface area contributed by atoms with Crippen molar-refractivity contribution in [3.8, 4) is 0 Å². The summed E-state index contributed by atoms with van der Waals surface area (Å²) in [6, 6.07) is 0. The maximum absolute atomic E-state index is 4.25. The summed E-state index contributed by atoms with van der Waals surface area (Å²) in [5, 5.41) is 0. The van der Waals surface area contributed by atoms with Crippen LogP contribution in [-0.4, -0.2) is 14.2 Å². The van der Waals surface area contributed by atoms with Gasteiger partial charge in [0.1, 0.15) is 0 Å². The lowest BCUT2D eigenvalue weighted by Crippen LogP contribution is -2.18. The Hall–Kier alpha value is -0.0400. The number of methoxy groups -OCH3 is 1. The summed E-state index contributed by atoms with van der Waals surface area (Å²) >= 11 is 0. The highest BCUT2D eigenvalue weighted by molar-refractivity contribution is 4.70. The lowest BCUT2D eigenvalue weighted by Gasteiger charge is -2.28. The predicted molar refractivity (Wildman–Crippen MR) is 61.0 cm³/mol. The fourth-order valence-electron chi connectivity index (χ4n) is 1.06. The minimum atomic E-state index is 0.490. The Kier molecular flexibility index (Phi) is 8.75. The summed E-state index contributed by atoms with van der Waals surface area (Å²) in [6.45, 7) is 13.9. The molecule has 0 spiro atoms. The number of hydrogen-bond acceptors (Lipinski definition) is 1. The van der Waals surface area contributed by atoms with E-state index in [9.17, 15) is 0 Å². The summed E-state index contributed by atoms with van der Waals surface area (Å²) in [5.74, 6) is 1.68. The monoisotopic (exact) mass is 188 g/mol. The molecule has 0 heterocycles. The van der Waals surface area contributed by atoms with Gasteiger partial charge in [0.25, 0.3) is 0 Å². The fraction of sp³-hybridized carbons (Fsp3) is 1.00. The topological polar surface area (TPSA) is 9.23 Å². The van der Waals surface area contributed by atoms with E-state index >= 15 is 0 Å². The van der Waals surface area contributed by atoms with Gasteiger partial charge in [0, 0.05) is 14.2 Å². The largest absolute Gasteiger partial charge is 0.388 e. The molecule has 0 saturated carbocycles. The van der Waals surface area contributed by atoms with E-state index in [-0.39, 0.29) is 0 Å². The van der Waals surface area contributed by atoms with E-state index in [0.717, 1.165) is 11.8 Å². The third kappa shape index (κ3) is 12.0. The second kappa shape index (κ2) is 7.37. The third-order valence-corrected chi connectivity index (χ3v) is 2.30. The van der Waals surface area contributed by atoms with Crippen LogP contribution in [0.4, 0.5) is 0 Å². The molecule has 0 aromatic heterocycles. The van der Waals surface area contributed by atoms with Crippen LogP contribution in [0, 0.1) is 17.3 Å². The molecule has 1 nitrogen and oxygen atoms in total. The van der Waals surface area contributed by atoms with Crippen molar-refractivity contribution in [2.75, 3.05) is 14.2 Å². The summed E-state index contributed by atoms with van der Waals surface area (Å²) < 4.78 is 4.25. The zero-order valence-electron chi connectivity index (χ0n) is 10.8. The average Bonchev–Trinajstić information content (AvgIpc) is 1.85. The summed E-state index contributed by atoms with van der Waals surface area (Å²) in [4.78, 5) is 0. The second-order valence-electron chi connectivity index (χ2n) is 5.30. The molecular formula is C12H28O. The van der Waals surface area contributed by atoms with E-state index in [1.165, 1.54) is 6.42 Å². The first-order valence-electron chi connectivity index (χ1n) is 5.15. The number of hydrogen-bond donors (Lipinski definition) is 0. The molecule has 0 saturated heterocycles. The van der Waals surface area contributed by atoms with Gasteiger partial charge in [0.15, 0.2) is 0 Å². The van der Waals surface area contributed by atoms with E-state index in [1.54, 1.807) is 14.2 Å². The molecule has 0 bridgehead atoms. The molecule has 13 heavy (non-hydrogen) atoms. The smallest absolute Gasteiger partial charge is 0.0351 e. The second-order valence-corrected chi connectivity index (χ2v) is 5.30. The van der Waals surface area contributed by atoms with Crippen molar-refractivity contribution in [3.63, 3.8) is 0 Å². The van der Waals surface area contributed by atoms with Gasteiger partial charge in [-0.2, -0.15) is 0 Å². The summed E-state index contributed by atoms with van der Waals surface area (Å²) in [6.07, 6.45) is 1.35. The van der Waals surface area contributed by atoms with Crippen molar-refractivity contribution >= 4 is 0 Å². The van der Waals surface area contributed by atoms with Gasteiger partial charge < -0.3 is 4.74 Å². The minimum absolute atomic E-state index is 0.490. The number of ether oxygens (including phenoxy) is 1. The van der Waals surface area contributed by atoms with E-state index < -0.39 is 0 Å². The van der Waals surface area contributed by atoms with Gasteiger partial charge >= 0.3 is 0 Å². The average molecular weight is 188 g/mol. The minimum Gasteiger partial charge on any atom is -0.388 e. The first-order chi connectivity index (χ1) is 5.75. The van der Waals surface area contributed by atoms with Gasteiger partial charge in [0.2, 0.25) is 0 Å². The Morgan fingerprint density at radius 2 is 1.31 bits per heavy atom. The Balaban J connectivity index is 0. The SMILES string of the molecule is CC(C)CC(C)C(C)(C)C.COC. The van der Waals surface area contributed by atoms with Crippen LogP contribution >= 0.6 is 0 Å². The van der Waals surface area contributed by atoms with Crippen molar-refractivity contribution in [3.05, 3.63) is 0 Å². The van der Waals surface area contributed by atoms with Crippen molar-refractivity contribution < 1.29 is 4.74 Å².